The predicted molar refractivity (Wildman–Crippen MR) is 72.9 cm³/mol. The number of aliphatic hydroxyl groups excluding tert-OH is 1. The molecule has 0 aliphatic heterocycles. The van der Waals surface area contributed by atoms with Crippen LogP contribution in [0.5, 0.6) is 5.75 Å². The molecule has 1 atom stereocenters. The minimum Gasteiger partial charge on any atom is -0.493 e. The van der Waals surface area contributed by atoms with Gasteiger partial charge in [-0.15, -0.1) is 0 Å². The molecule has 1 unspecified atom stereocenters. The number of ether oxygens (including phenoxy) is 1. The Morgan fingerprint density at radius 3 is 2.67 bits per heavy atom. The van der Waals surface area contributed by atoms with Crippen LogP contribution < -0.4 is 10.1 Å². The minimum absolute atomic E-state index is 0.198. The Hall–Kier alpha value is -1.06. The molecule has 0 spiro atoms. The fraction of sp³-hybridized carbons (Fsp3) is 0.600. The summed E-state index contributed by atoms with van der Waals surface area (Å²) in [4.78, 5) is 0. The first kappa shape index (κ1) is 13.4. The standard InChI is InChI=1S/C15H23NO2/c1-12(10-16-14-4-5-14)11-18-15-6-2-13(3-7-15)8-9-17/h2-3,6-7,12,14,16-17H,4-5,8-11H2,1H3. The van der Waals surface area contributed by atoms with Gasteiger partial charge in [0.05, 0.1) is 6.61 Å². The molecular weight excluding hydrogens is 226 g/mol. The van der Waals surface area contributed by atoms with Gasteiger partial charge in [-0.3, -0.25) is 0 Å². The van der Waals surface area contributed by atoms with Crippen molar-refractivity contribution >= 4 is 0 Å². The maximum absolute atomic E-state index is 8.84. The Morgan fingerprint density at radius 1 is 1.33 bits per heavy atom. The first-order valence-electron chi connectivity index (χ1n) is 6.84. The fourth-order valence-electron chi connectivity index (χ4n) is 1.83. The van der Waals surface area contributed by atoms with Crippen LogP contribution in [0.1, 0.15) is 25.3 Å². The molecule has 1 fully saturated rings. The fourth-order valence-corrected chi connectivity index (χ4v) is 1.83. The summed E-state index contributed by atoms with van der Waals surface area (Å²) in [6.07, 6.45) is 3.38. The van der Waals surface area contributed by atoms with Crippen LogP contribution in [0, 0.1) is 5.92 Å². The minimum atomic E-state index is 0.198. The third-order valence-corrected chi connectivity index (χ3v) is 3.19. The van der Waals surface area contributed by atoms with E-state index in [0.29, 0.717) is 12.3 Å². The zero-order valence-electron chi connectivity index (χ0n) is 11.1. The largest absolute Gasteiger partial charge is 0.493 e. The number of nitrogens with one attached hydrogen (secondary N) is 1. The van der Waals surface area contributed by atoms with Crippen molar-refractivity contribution in [1.29, 1.82) is 0 Å². The molecule has 2 N–H and O–H groups in total. The average molecular weight is 249 g/mol. The van der Waals surface area contributed by atoms with Gasteiger partial charge in [-0.05, 0) is 37.0 Å². The van der Waals surface area contributed by atoms with E-state index in [-0.39, 0.29) is 6.61 Å². The van der Waals surface area contributed by atoms with E-state index in [1.807, 2.05) is 24.3 Å². The number of benzene rings is 1. The summed E-state index contributed by atoms with van der Waals surface area (Å²) < 4.78 is 5.75. The topological polar surface area (TPSA) is 41.5 Å². The van der Waals surface area contributed by atoms with Crippen molar-refractivity contribution in [3.8, 4) is 5.75 Å². The third-order valence-electron chi connectivity index (χ3n) is 3.19. The van der Waals surface area contributed by atoms with E-state index < -0.39 is 0 Å². The van der Waals surface area contributed by atoms with Gasteiger partial charge >= 0.3 is 0 Å². The Bertz CT molecular complexity index is 346. The molecule has 1 aliphatic rings. The second-order valence-corrected chi connectivity index (χ2v) is 5.22. The van der Waals surface area contributed by atoms with Gasteiger partial charge in [0.15, 0.2) is 0 Å². The molecular formula is C15H23NO2. The molecule has 100 valence electrons. The zero-order chi connectivity index (χ0) is 12.8. The van der Waals surface area contributed by atoms with E-state index in [9.17, 15) is 0 Å². The van der Waals surface area contributed by atoms with Crippen molar-refractivity contribution in [2.45, 2.75) is 32.2 Å². The quantitative estimate of drug-likeness (QED) is 0.740. The van der Waals surface area contributed by atoms with Crippen LogP contribution in [0.4, 0.5) is 0 Å². The lowest BCUT2D eigenvalue weighted by Crippen LogP contribution is -2.26. The molecule has 3 heteroatoms. The summed E-state index contributed by atoms with van der Waals surface area (Å²) >= 11 is 0. The molecule has 0 heterocycles. The molecule has 0 aromatic heterocycles. The second-order valence-electron chi connectivity index (χ2n) is 5.22. The first-order valence-corrected chi connectivity index (χ1v) is 6.84. The molecule has 1 aromatic carbocycles. The van der Waals surface area contributed by atoms with Gasteiger partial charge < -0.3 is 15.2 Å². The van der Waals surface area contributed by atoms with Crippen molar-refractivity contribution in [1.82, 2.24) is 5.32 Å². The third kappa shape index (κ3) is 4.67. The molecule has 3 nitrogen and oxygen atoms in total. The van der Waals surface area contributed by atoms with Gasteiger partial charge in [-0.1, -0.05) is 19.1 Å². The highest BCUT2D eigenvalue weighted by molar-refractivity contribution is 5.27. The zero-order valence-corrected chi connectivity index (χ0v) is 11.1. The van der Waals surface area contributed by atoms with Crippen LogP contribution in [0.15, 0.2) is 24.3 Å². The van der Waals surface area contributed by atoms with Gasteiger partial charge in [-0.25, -0.2) is 0 Å². The summed E-state index contributed by atoms with van der Waals surface area (Å²) in [5.74, 6) is 1.44. The SMILES string of the molecule is CC(CNC1CC1)COc1ccc(CCO)cc1. The first-order chi connectivity index (χ1) is 8.78. The number of aliphatic hydroxyl groups is 1. The van der Waals surface area contributed by atoms with E-state index in [1.54, 1.807) is 0 Å². The average Bonchev–Trinajstić information content (AvgIpc) is 3.20. The van der Waals surface area contributed by atoms with Gasteiger partial charge in [0.1, 0.15) is 5.75 Å². The normalized spacial score (nSPS) is 16.6. The lowest BCUT2D eigenvalue weighted by molar-refractivity contribution is 0.255. The van der Waals surface area contributed by atoms with E-state index in [1.165, 1.54) is 12.8 Å². The molecule has 1 aliphatic carbocycles. The Balaban J connectivity index is 1.67. The number of rotatable bonds is 8. The molecule has 0 saturated heterocycles. The smallest absolute Gasteiger partial charge is 0.119 e. The Labute approximate surface area is 109 Å². The predicted octanol–water partition coefficient (Wildman–Crippen LogP) is 1.99. The van der Waals surface area contributed by atoms with E-state index in [0.717, 1.165) is 30.5 Å². The molecule has 0 amide bonds. The summed E-state index contributed by atoms with van der Waals surface area (Å²) in [5, 5.41) is 12.3. The Kier molecular flexibility index (Phi) is 5.02. The van der Waals surface area contributed by atoms with Crippen molar-refractivity contribution in [2.24, 2.45) is 5.92 Å². The molecule has 2 rings (SSSR count). The van der Waals surface area contributed by atoms with Gasteiger partial charge in [0.2, 0.25) is 0 Å². The van der Waals surface area contributed by atoms with Crippen LogP contribution in [-0.2, 0) is 6.42 Å². The van der Waals surface area contributed by atoms with E-state index in [4.69, 9.17) is 9.84 Å². The lowest BCUT2D eigenvalue weighted by atomic mass is 10.1. The van der Waals surface area contributed by atoms with Crippen LogP contribution in [0.25, 0.3) is 0 Å². The summed E-state index contributed by atoms with van der Waals surface area (Å²) in [7, 11) is 0. The molecule has 1 saturated carbocycles. The highest BCUT2D eigenvalue weighted by Gasteiger charge is 2.20. The lowest BCUT2D eigenvalue weighted by Gasteiger charge is -2.14. The molecule has 0 radical (unpaired) electrons. The van der Waals surface area contributed by atoms with Gasteiger partial charge in [0, 0.05) is 25.1 Å². The molecule has 1 aromatic rings. The van der Waals surface area contributed by atoms with Crippen molar-refractivity contribution < 1.29 is 9.84 Å². The van der Waals surface area contributed by atoms with Crippen molar-refractivity contribution in [2.75, 3.05) is 19.8 Å². The maximum Gasteiger partial charge on any atom is 0.119 e. The van der Waals surface area contributed by atoms with Gasteiger partial charge in [-0.2, -0.15) is 0 Å². The van der Waals surface area contributed by atoms with Crippen molar-refractivity contribution in [3.05, 3.63) is 29.8 Å². The maximum atomic E-state index is 8.84. The Morgan fingerprint density at radius 2 is 2.06 bits per heavy atom. The number of hydrogen-bond acceptors (Lipinski definition) is 3. The highest BCUT2D eigenvalue weighted by atomic mass is 16.5. The highest BCUT2D eigenvalue weighted by Crippen LogP contribution is 2.19. The van der Waals surface area contributed by atoms with Crippen LogP contribution >= 0.6 is 0 Å². The van der Waals surface area contributed by atoms with Crippen LogP contribution in [-0.4, -0.2) is 30.9 Å². The molecule has 0 bridgehead atoms. The monoisotopic (exact) mass is 249 g/mol. The summed E-state index contributed by atoms with van der Waals surface area (Å²) in [6.45, 7) is 4.19. The summed E-state index contributed by atoms with van der Waals surface area (Å²) in [5.41, 5.74) is 1.15. The van der Waals surface area contributed by atoms with Crippen molar-refractivity contribution in [3.63, 3.8) is 0 Å². The van der Waals surface area contributed by atoms with E-state index >= 15 is 0 Å². The molecule has 18 heavy (non-hydrogen) atoms. The van der Waals surface area contributed by atoms with Crippen LogP contribution in [0.3, 0.4) is 0 Å². The van der Waals surface area contributed by atoms with Gasteiger partial charge in [0.25, 0.3) is 0 Å². The van der Waals surface area contributed by atoms with Crippen LogP contribution in [0.2, 0.25) is 0 Å². The van der Waals surface area contributed by atoms with E-state index in [2.05, 4.69) is 12.2 Å². The summed E-state index contributed by atoms with van der Waals surface area (Å²) in [6, 6.07) is 8.75. The number of hydrogen-bond donors (Lipinski definition) is 2. The second kappa shape index (κ2) is 6.76.